The Balaban J connectivity index is 1.54. The Morgan fingerprint density at radius 3 is 2.86 bits per heavy atom. The zero-order chi connectivity index (χ0) is 18.9. The number of hydrogen-bond acceptors (Lipinski definition) is 3. The van der Waals surface area contributed by atoms with Crippen LogP contribution in [0.5, 0.6) is 0 Å². The van der Waals surface area contributed by atoms with Crippen LogP contribution >= 0.6 is 11.3 Å². The highest BCUT2D eigenvalue weighted by Gasteiger charge is 2.19. The van der Waals surface area contributed by atoms with Crippen molar-refractivity contribution in [3.63, 3.8) is 0 Å². The van der Waals surface area contributed by atoms with Gasteiger partial charge in [-0.05, 0) is 66.9 Å². The largest absolute Gasteiger partial charge is 0.347 e. The van der Waals surface area contributed by atoms with Crippen molar-refractivity contribution in [3.8, 4) is 22.3 Å². The predicted molar refractivity (Wildman–Crippen MR) is 119 cm³/mol. The Hall–Kier alpha value is -2.43. The molecule has 28 heavy (non-hydrogen) atoms. The van der Waals surface area contributed by atoms with Crippen LogP contribution in [0.2, 0.25) is 0 Å². The molecule has 142 valence electrons. The van der Waals surface area contributed by atoms with E-state index in [1.807, 2.05) is 12.4 Å². The quantitative estimate of drug-likeness (QED) is 0.443. The number of rotatable bonds is 4. The molecule has 1 atom stereocenters. The van der Waals surface area contributed by atoms with Crippen LogP contribution in [0.1, 0.15) is 12.8 Å². The van der Waals surface area contributed by atoms with Crippen molar-refractivity contribution >= 4 is 22.2 Å². The fourth-order valence-electron chi connectivity index (χ4n) is 4.50. The third-order valence-corrected chi connectivity index (χ3v) is 6.55. The summed E-state index contributed by atoms with van der Waals surface area (Å²) >= 11 is 1.73. The molecule has 1 aliphatic heterocycles. The second kappa shape index (κ2) is 7.53. The average Bonchev–Trinajstić information content (AvgIpc) is 3.37. The maximum absolute atomic E-state index is 4.55. The minimum absolute atomic E-state index is 0.720. The van der Waals surface area contributed by atoms with E-state index in [1.165, 1.54) is 59.1 Å². The summed E-state index contributed by atoms with van der Waals surface area (Å²) in [6.07, 6.45) is 8.92. The number of aromatic nitrogens is 2. The van der Waals surface area contributed by atoms with Gasteiger partial charge < -0.3 is 9.47 Å². The van der Waals surface area contributed by atoms with Crippen LogP contribution in [0, 0.1) is 5.92 Å². The topological polar surface area (TPSA) is 21.1 Å². The molecule has 3 aromatic heterocycles. The first-order valence-corrected chi connectivity index (χ1v) is 11.0. The molecule has 1 unspecified atom stereocenters. The van der Waals surface area contributed by atoms with Crippen LogP contribution in [0.15, 0.2) is 65.7 Å². The Kier molecular flexibility index (Phi) is 4.75. The van der Waals surface area contributed by atoms with Crippen molar-refractivity contribution in [3.05, 3.63) is 65.7 Å². The summed E-state index contributed by atoms with van der Waals surface area (Å²) in [6, 6.07) is 13.2. The third-order valence-electron chi connectivity index (χ3n) is 5.87. The average molecular weight is 388 g/mol. The molecule has 0 aliphatic carbocycles. The molecule has 4 aromatic rings. The lowest BCUT2D eigenvalue weighted by molar-refractivity contribution is 0.196. The lowest BCUT2D eigenvalue weighted by atomic mass is 9.98. The van der Waals surface area contributed by atoms with Gasteiger partial charge in [0.05, 0.1) is 0 Å². The molecule has 1 saturated heterocycles. The second-order valence-electron chi connectivity index (χ2n) is 7.96. The van der Waals surface area contributed by atoms with Gasteiger partial charge in [-0.15, -0.1) is 0 Å². The van der Waals surface area contributed by atoms with Gasteiger partial charge in [-0.25, -0.2) is 0 Å². The normalized spacial score (nSPS) is 18.0. The number of fused-ring (bicyclic) bond motifs is 1. The zero-order valence-electron chi connectivity index (χ0n) is 16.2. The van der Waals surface area contributed by atoms with Gasteiger partial charge in [-0.2, -0.15) is 11.3 Å². The van der Waals surface area contributed by atoms with Gasteiger partial charge >= 0.3 is 0 Å². The van der Waals surface area contributed by atoms with Gasteiger partial charge in [0.25, 0.3) is 0 Å². The standard InChI is InChI=1S/C24H25N3S/c1-26-9-4-5-18(14-26)15-27-16-23(22-6-2-3-7-24(22)27)21-11-20(12-25-13-21)19-8-10-28-17-19/h2-3,6-8,10-13,16-18H,4-5,9,14-15H2,1H3. The van der Waals surface area contributed by atoms with Gasteiger partial charge in [0.1, 0.15) is 0 Å². The number of para-hydroxylation sites is 1. The molecule has 1 aliphatic rings. The van der Waals surface area contributed by atoms with E-state index in [0.717, 1.165) is 12.5 Å². The summed E-state index contributed by atoms with van der Waals surface area (Å²) in [5.41, 5.74) is 6.23. The van der Waals surface area contributed by atoms with Crippen molar-refractivity contribution in [2.45, 2.75) is 19.4 Å². The third kappa shape index (κ3) is 3.38. The van der Waals surface area contributed by atoms with E-state index in [2.05, 4.69) is 74.9 Å². The van der Waals surface area contributed by atoms with E-state index in [0.29, 0.717) is 0 Å². The molecule has 0 radical (unpaired) electrons. The van der Waals surface area contributed by atoms with E-state index in [-0.39, 0.29) is 0 Å². The van der Waals surface area contributed by atoms with Gasteiger partial charge in [-0.1, -0.05) is 18.2 Å². The van der Waals surface area contributed by atoms with E-state index >= 15 is 0 Å². The van der Waals surface area contributed by atoms with Crippen LogP contribution in [-0.2, 0) is 6.54 Å². The van der Waals surface area contributed by atoms with Crippen LogP contribution in [-0.4, -0.2) is 34.6 Å². The molecule has 0 saturated carbocycles. The van der Waals surface area contributed by atoms with Gasteiger partial charge in [0.2, 0.25) is 0 Å². The second-order valence-corrected chi connectivity index (χ2v) is 8.74. The lowest BCUT2D eigenvalue weighted by Crippen LogP contribution is -2.33. The molecule has 4 heterocycles. The van der Waals surface area contributed by atoms with Crippen molar-refractivity contribution in [2.24, 2.45) is 5.92 Å². The van der Waals surface area contributed by atoms with E-state index in [1.54, 1.807) is 11.3 Å². The minimum atomic E-state index is 0.720. The number of likely N-dealkylation sites (tertiary alicyclic amines) is 1. The monoisotopic (exact) mass is 387 g/mol. The highest BCUT2D eigenvalue weighted by atomic mass is 32.1. The zero-order valence-corrected chi connectivity index (χ0v) is 17.0. The molecule has 0 N–H and O–H groups in total. The number of piperidine rings is 1. The Labute approximate surface area is 170 Å². The lowest BCUT2D eigenvalue weighted by Gasteiger charge is -2.30. The fraction of sp³-hybridized carbons (Fsp3) is 0.292. The molecule has 0 spiro atoms. The Morgan fingerprint density at radius 2 is 2.00 bits per heavy atom. The first kappa shape index (κ1) is 17.7. The van der Waals surface area contributed by atoms with Gasteiger partial charge in [0, 0.05) is 59.3 Å². The van der Waals surface area contributed by atoms with Crippen molar-refractivity contribution in [1.29, 1.82) is 0 Å². The smallest absolute Gasteiger partial charge is 0.0486 e. The Bertz CT molecular complexity index is 1080. The van der Waals surface area contributed by atoms with Gasteiger partial charge in [-0.3, -0.25) is 4.98 Å². The Morgan fingerprint density at radius 1 is 1.11 bits per heavy atom. The molecule has 1 fully saturated rings. The van der Waals surface area contributed by atoms with Crippen molar-refractivity contribution in [1.82, 2.24) is 14.5 Å². The summed E-state index contributed by atoms with van der Waals surface area (Å²) in [6.45, 7) is 3.51. The molecule has 5 rings (SSSR count). The number of pyridine rings is 1. The maximum atomic E-state index is 4.55. The summed E-state index contributed by atoms with van der Waals surface area (Å²) < 4.78 is 2.46. The minimum Gasteiger partial charge on any atom is -0.347 e. The molecule has 3 nitrogen and oxygen atoms in total. The molecule has 4 heteroatoms. The van der Waals surface area contributed by atoms with Crippen LogP contribution in [0.4, 0.5) is 0 Å². The number of nitrogens with zero attached hydrogens (tertiary/aromatic N) is 3. The summed E-state index contributed by atoms with van der Waals surface area (Å²) in [4.78, 5) is 7.01. The predicted octanol–water partition coefficient (Wildman–Crippen LogP) is 5.77. The summed E-state index contributed by atoms with van der Waals surface area (Å²) in [5, 5.41) is 5.62. The van der Waals surface area contributed by atoms with Crippen LogP contribution < -0.4 is 0 Å². The molecule has 1 aromatic carbocycles. The SMILES string of the molecule is CN1CCCC(Cn2cc(-c3cncc(-c4ccsc4)c3)c3ccccc32)C1. The molecular weight excluding hydrogens is 362 g/mol. The number of thiophene rings is 1. The highest BCUT2D eigenvalue weighted by Crippen LogP contribution is 2.33. The summed E-state index contributed by atoms with van der Waals surface area (Å²) in [7, 11) is 2.24. The molecule has 0 amide bonds. The van der Waals surface area contributed by atoms with Crippen LogP contribution in [0.3, 0.4) is 0 Å². The fourth-order valence-corrected chi connectivity index (χ4v) is 5.17. The van der Waals surface area contributed by atoms with Gasteiger partial charge in [0.15, 0.2) is 0 Å². The first-order chi connectivity index (χ1) is 13.8. The summed E-state index contributed by atoms with van der Waals surface area (Å²) in [5.74, 6) is 0.720. The number of benzene rings is 1. The van der Waals surface area contributed by atoms with E-state index < -0.39 is 0 Å². The maximum Gasteiger partial charge on any atom is 0.0486 e. The van der Waals surface area contributed by atoms with Crippen LogP contribution in [0.25, 0.3) is 33.2 Å². The van der Waals surface area contributed by atoms with Crippen molar-refractivity contribution in [2.75, 3.05) is 20.1 Å². The molecule has 0 bridgehead atoms. The van der Waals surface area contributed by atoms with E-state index in [9.17, 15) is 0 Å². The molecular formula is C24H25N3S. The number of hydrogen-bond donors (Lipinski definition) is 0. The highest BCUT2D eigenvalue weighted by molar-refractivity contribution is 7.08. The van der Waals surface area contributed by atoms with Crippen molar-refractivity contribution < 1.29 is 0 Å². The van der Waals surface area contributed by atoms with E-state index in [4.69, 9.17) is 0 Å². The first-order valence-electron chi connectivity index (χ1n) is 10.0.